The molecular formula is C15H18Cl2N2O2. The highest BCUT2D eigenvalue weighted by Crippen LogP contribution is 2.35. The third-order valence-electron chi connectivity index (χ3n) is 4.39. The minimum atomic E-state index is -0.221. The first-order valence-electron chi connectivity index (χ1n) is 7.28. The highest BCUT2D eigenvalue weighted by atomic mass is 35.5. The van der Waals surface area contributed by atoms with Crippen LogP contribution in [0.25, 0.3) is 0 Å². The highest BCUT2D eigenvalue weighted by Gasteiger charge is 2.31. The lowest BCUT2D eigenvalue weighted by Gasteiger charge is -2.26. The van der Waals surface area contributed by atoms with Gasteiger partial charge in [0.05, 0.1) is 10.6 Å². The van der Waals surface area contributed by atoms with Gasteiger partial charge in [-0.15, -0.1) is 0 Å². The third-order valence-corrected chi connectivity index (χ3v) is 5.18. The predicted octanol–water partition coefficient (Wildman–Crippen LogP) is 3.01. The molecule has 2 fully saturated rings. The predicted molar refractivity (Wildman–Crippen MR) is 83.2 cm³/mol. The normalized spacial score (nSPS) is 23.0. The van der Waals surface area contributed by atoms with Crippen LogP contribution in [0.2, 0.25) is 10.0 Å². The van der Waals surface area contributed by atoms with Gasteiger partial charge in [-0.3, -0.25) is 9.69 Å². The average molecular weight is 329 g/mol. The molecule has 1 atom stereocenters. The smallest absolute Gasteiger partial charge is 0.257 e. The van der Waals surface area contributed by atoms with Crippen LogP contribution in [0.4, 0.5) is 0 Å². The molecule has 6 heteroatoms. The Morgan fingerprint density at radius 1 is 1.19 bits per heavy atom. The van der Waals surface area contributed by atoms with Gasteiger partial charge >= 0.3 is 0 Å². The number of carbonyl (C=O) groups is 1. The number of hydrogen-bond donors (Lipinski definition) is 1. The van der Waals surface area contributed by atoms with Gasteiger partial charge in [-0.25, -0.2) is 0 Å². The van der Waals surface area contributed by atoms with Gasteiger partial charge in [-0.1, -0.05) is 23.2 Å². The van der Waals surface area contributed by atoms with E-state index in [4.69, 9.17) is 23.2 Å². The molecule has 3 rings (SSSR count). The van der Waals surface area contributed by atoms with Gasteiger partial charge in [0, 0.05) is 25.7 Å². The molecule has 0 unspecified atom stereocenters. The van der Waals surface area contributed by atoms with Crippen LogP contribution in [0, 0.1) is 0 Å². The second kappa shape index (κ2) is 6.03. The van der Waals surface area contributed by atoms with Crippen LogP contribution >= 0.6 is 23.2 Å². The van der Waals surface area contributed by atoms with Crippen molar-refractivity contribution in [1.29, 1.82) is 0 Å². The molecule has 2 saturated heterocycles. The Kier molecular flexibility index (Phi) is 4.29. The van der Waals surface area contributed by atoms with Crippen LogP contribution in [0.1, 0.15) is 29.6 Å². The summed E-state index contributed by atoms with van der Waals surface area (Å²) in [5, 5.41) is 10.4. The van der Waals surface area contributed by atoms with Gasteiger partial charge in [0.2, 0.25) is 0 Å². The van der Waals surface area contributed by atoms with E-state index in [0.29, 0.717) is 12.6 Å². The number of benzene rings is 1. The Hall–Kier alpha value is -0.970. The SMILES string of the molecule is O=C(c1ccc(Cl)c(Cl)c1O)N1CCCN2CCC[C@H]2C1. The second-order valence-electron chi connectivity index (χ2n) is 5.69. The summed E-state index contributed by atoms with van der Waals surface area (Å²) in [7, 11) is 0. The Morgan fingerprint density at radius 2 is 1.95 bits per heavy atom. The van der Waals surface area contributed by atoms with Gasteiger partial charge in [0.1, 0.15) is 10.8 Å². The first kappa shape index (κ1) is 14.9. The Morgan fingerprint density at radius 3 is 2.76 bits per heavy atom. The Balaban J connectivity index is 1.83. The lowest BCUT2D eigenvalue weighted by molar-refractivity contribution is 0.0740. The van der Waals surface area contributed by atoms with E-state index in [1.165, 1.54) is 6.42 Å². The number of nitrogens with zero attached hydrogens (tertiary/aromatic N) is 2. The summed E-state index contributed by atoms with van der Waals surface area (Å²) in [5.74, 6) is -0.387. The molecule has 4 nitrogen and oxygen atoms in total. The molecule has 0 aliphatic carbocycles. The molecule has 2 aliphatic heterocycles. The van der Waals surface area contributed by atoms with Crippen molar-refractivity contribution in [3.8, 4) is 5.75 Å². The first-order valence-corrected chi connectivity index (χ1v) is 8.04. The summed E-state index contributed by atoms with van der Waals surface area (Å²) < 4.78 is 0. The Bertz CT molecular complexity index is 565. The van der Waals surface area contributed by atoms with Gasteiger partial charge < -0.3 is 10.0 Å². The first-order chi connectivity index (χ1) is 10.1. The van der Waals surface area contributed by atoms with Crippen LogP contribution in [-0.4, -0.2) is 53.0 Å². The van der Waals surface area contributed by atoms with Crippen LogP contribution < -0.4 is 0 Å². The van der Waals surface area contributed by atoms with Gasteiger partial charge in [-0.05, 0) is 37.9 Å². The minimum Gasteiger partial charge on any atom is -0.505 e. The molecule has 21 heavy (non-hydrogen) atoms. The van der Waals surface area contributed by atoms with Crippen LogP contribution in [0.15, 0.2) is 12.1 Å². The van der Waals surface area contributed by atoms with Crippen LogP contribution in [0.3, 0.4) is 0 Å². The number of hydrogen-bond acceptors (Lipinski definition) is 3. The summed E-state index contributed by atoms with van der Waals surface area (Å²) in [6.07, 6.45) is 3.30. The molecule has 0 aromatic heterocycles. The fraction of sp³-hybridized carbons (Fsp3) is 0.533. The molecule has 1 aromatic carbocycles. The number of fused-ring (bicyclic) bond motifs is 1. The summed E-state index contributed by atoms with van der Waals surface area (Å²) >= 11 is 11.8. The van der Waals surface area contributed by atoms with Crippen molar-refractivity contribution in [2.75, 3.05) is 26.2 Å². The van der Waals surface area contributed by atoms with E-state index < -0.39 is 0 Å². The fourth-order valence-electron chi connectivity index (χ4n) is 3.27. The number of amides is 1. The topological polar surface area (TPSA) is 43.8 Å². The molecule has 2 heterocycles. The van der Waals surface area contributed by atoms with Crippen molar-refractivity contribution < 1.29 is 9.90 Å². The fourth-order valence-corrected chi connectivity index (χ4v) is 3.59. The van der Waals surface area contributed by atoms with E-state index in [1.54, 1.807) is 12.1 Å². The van der Waals surface area contributed by atoms with Crippen LogP contribution in [0.5, 0.6) is 5.75 Å². The molecular weight excluding hydrogens is 311 g/mol. The molecule has 2 aliphatic rings. The largest absolute Gasteiger partial charge is 0.505 e. The average Bonchev–Trinajstić information content (AvgIpc) is 2.81. The van der Waals surface area contributed by atoms with Crippen molar-refractivity contribution in [3.05, 3.63) is 27.7 Å². The maximum atomic E-state index is 12.7. The van der Waals surface area contributed by atoms with E-state index in [2.05, 4.69) is 4.90 Å². The highest BCUT2D eigenvalue weighted by molar-refractivity contribution is 6.43. The maximum Gasteiger partial charge on any atom is 0.257 e. The summed E-state index contributed by atoms with van der Waals surface area (Å²) in [5.41, 5.74) is 0.232. The van der Waals surface area contributed by atoms with Crippen molar-refractivity contribution in [2.45, 2.75) is 25.3 Å². The number of phenolic OH excluding ortho intramolecular Hbond substituents is 1. The quantitative estimate of drug-likeness (QED) is 0.861. The lowest BCUT2D eigenvalue weighted by atomic mass is 10.1. The number of halogens is 2. The van der Waals surface area contributed by atoms with Crippen LogP contribution in [-0.2, 0) is 0 Å². The Labute approximate surface area is 134 Å². The van der Waals surface area contributed by atoms with E-state index in [1.807, 2.05) is 4.90 Å². The molecule has 0 saturated carbocycles. The summed E-state index contributed by atoms with van der Waals surface area (Å²) in [6.45, 7) is 3.61. The van der Waals surface area contributed by atoms with Gasteiger partial charge in [-0.2, -0.15) is 0 Å². The zero-order chi connectivity index (χ0) is 15.0. The third kappa shape index (κ3) is 2.85. The molecule has 1 amide bonds. The molecule has 114 valence electrons. The van der Waals surface area contributed by atoms with Crippen molar-refractivity contribution >= 4 is 29.1 Å². The number of carbonyl (C=O) groups excluding carboxylic acids is 1. The maximum absolute atomic E-state index is 12.7. The standard InChI is InChI=1S/C15H18Cl2N2O2/c16-12-5-4-11(14(20)13(12)17)15(21)19-8-2-7-18-6-1-3-10(18)9-19/h4-5,10,20H,1-3,6-9H2/t10-/m0/s1. The molecule has 0 spiro atoms. The number of aromatic hydroxyl groups is 1. The minimum absolute atomic E-state index is 0.0415. The van der Waals surface area contributed by atoms with Crippen molar-refractivity contribution in [3.63, 3.8) is 0 Å². The molecule has 0 bridgehead atoms. The van der Waals surface area contributed by atoms with Gasteiger partial charge in [0.15, 0.2) is 0 Å². The van der Waals surface area contributed by atoms with Gasteiger partial charge in [0.25, 0.3) is 5.91 Å². The van der Waals surface area contributed by atoms with Crippen molar-refractivity contribution in [1.82, 2.24) is 9.80 Å². The van der Waals surface area contributed by atoms with E-state index in [9.17, 15) is 9.90 Å². The number of rotatable bonds is 1. The number of phenols is 1. The lowest BCUT2D eigenvalue weighted by Crippen LogP contribution is -2.39. The molecule has 1 aromatic rings. The van der Waals surface area contributed by atoms with E-state index in [-0.39, 0.29) is 27.3 Å². The summed E-state index contributed by atoms with van der Waals surface area (Å²) in [6, 6.07) is 3.54. The molecule has 0 radical (unpaired) electrons. The summed E-state index contributed by atoms with van der Waals surface area (Å²) in [4.78, 5) is 17.0. The second-order valence-corrected chi connectivity index (χ2v) is 6.48. The zero-order valence-electron chi connectivity index (χ0n) is 11.7. The van der Waals surface area contributed by atoms with Crippen molar-refractivity contribution in [2.24, 2.45) is 0 Å². The zero-order valence-corrected chi connectivity index (χ0v) is 13.2. The van der Waals surface area contributed by atoms with E-state index in [0.717, 1.165) is 32.5 Å². The monoisotopic (exact) mass is 328 g/mol. The van der Waals surface area contributed by atoms with E-state index >= 15 is 0 Å². The molecule has 1 N–H and O–H groups in total.